The molecule has 82 valence electrons. The van der Waals surface area contributed by atoms with Crippen molar-refractivity contribution in [1.29, 1.82) is 0 Å². The lowest BCUT2D eigenvalue weighted by molar-refractivity contribution is 0.419. The first-order valence-electron chi connectivity index (χ1n) is 4.58. The molecule has 1 N–H and O–H groups in total. The molecule has 0 atom stereocenters. The minimum Gasteiger partial charge on any atom is -0.435 e. The summed E-state index contributed by atoms with van der Waals surface area (Å²) in [5.74, 6) is -0.0438. The van der Waals surface area contributed by atoms with Crippen molar-refractivity contribution >= 4 is 5.95 Å². The third kappa shape index (κ3) is 2.22. The van der Waals surface area contributed by atoms with Crippen molar-refractivity contribution in [1.82, 2.24) is 15.0 Å². The van der Waals surface area contributed by atoms with Crippen LogP contribution in [0.25, 0.3) is 0 Å². The Kier molecular flexibility index (Phi) is 2.90. The van der Waals surface area contributed by atoms with Gasteiger partial charge in [-0.3, -0.25) is 4.98 Å². The largest absolute Gasteiger partial charge is 0.435 e. The first kappa shape index (κ1) is 10.3. The van der Waals surface area contributed by atoms with Crippen LogP contribution in [0.5, 0.6) is 11.6 Å². The van der Waals surface area contributed by atoms with Gasteiger partial charge in [0, 0.05) is 13.2 Å². The predicted molar refractivity (Wildman–Crippen MR) is 55.8 cm³/mol. The number of halogens is 1. The summed E-state index contributed by atoms with van der Waals surface area (Å²) in [7, 11) is 1.64. The Bertz CT molecular complexity index is 478. The quantitative estimate of drug-likeness (QED) is 0.855. The molecule has 0 aliphatic rings. The number of aromatic nitrogens is 3. The molecule has 2 aromatic rings. The van der Waals surface area contributed by atoms with Gasteiger partial charge in [-0.15, -0.1) is 0 Å². The zero-order chi connectivity index (χ0) is 11.4. The molecule has 0 saturated heterocycles. The van der Waals surface area contributed by atoms with E-state index in [4.69, 9.17) is 4.74 Å². The van der Waals surface area contributed by atoms with Crippen LogP contribution in [-0.2, 0) is 0 Å². The van der Waals surface area contributed by atoms with Gasteiger partial charge in [0.15, 0.2) is 0 Å². The van der Waals surface area contributed by atoms with E-state index in [9.17, 15) is 4.39 Å². The van der Waals surface area contributed by atoms with E-state index in [0.29, 0.717) is 11.7 Å². The molecule has 5 nitrogen and oxygen atoms in total. The van der Waals surface area contributed by atoms with Gasteiger partial charge < -0.3 is 10.1 Å². The van der Waals surface area contributed by atoms with Crippen LogP contribution < -0.4 is 10.1 Å². The van der Waals surface area contributed by atoms with E-state index in [1.165, 1.54) is 6.20 Å². The van der Waals surface area contributed by atoms with Crippen LogP contribution in [-0.4, -0.2) is 22.0 Å². The Hall–Kier alpha value is -2.24. The van der Waals surface area contributed by atoms with E-state index in [-0.39, 0.29) is 5.88 Å². The Labute approximate surface area is 91.3 Å². The summed E-state index contributed by atoms with van der Waals surface area (Å²) in [4.78, 5) is 11.4. The zero-order valence-corrected chi connectivity index (χ0v) is 8.51. The smallest absolute Gasteiger partial charge is 0.260 e. The number of nitrogens with zero attached hydrogens (tertiary/aromatic N) is 3. The van der Waals surface area contributed by atoms with Crippen molar-refractivity contribution in [3.05, 3.63) is 36.5 Å². The highest BCUT2D eigenvalue weighted by Crippen LogP contribution is 2.21. The molecule has 0 amide bonds. The summed E-state index contributed by atoms with van der Waals surface area (Å²) in [6.45, 7) is 0. The van der Waals surface area contributed by atoms with Crippen molar-refractivity contribution in [2.24, 2.45) is 0 Å². The number of hydrogen-bond acceptors (Lipinski definition) is 5. The van der Waals surface area contributed by atoms with Gasteiger partial charge >= 0.3 is 0 Å². The summed E-state index contributed by atoms with van der Waals surface area (Å²) in [6.07, 6.45) is 4.12. The molecule has 0 unspecified atom stereocenters. The van der Waals surface area contributed by atoms with E-state index in [1.54, 1.807) is 25.4 Å². The molecule has 0 fully saturated rings. The van der Waals surface area contributed by atoms with E-state index in [0.717, 1.165) is 6.20 Å². The Morgan fingerprint density at radius 1 is 1.38 bits per heavy atom. The second-order valence-corrected chi connectivity index (χ2v) is 2.89. The SMILES string of the molecule is CNc1ncc(F)c(Oc2cccnc2)n1. The fraction of sp³-hybridized carbons (Fsp3) is 0.100. The molecule has 0 aliphatic carbocycles. The third-order valence-electron chi connectivity index (χ3n) is 1.78. The Morgan fingerprint density at radius 2 is 2.25 bits per heavy atom. The lowest BCUT2D eigenvalue weighted by Gasteiger charge is -2.05. The molecular formula is C10H9FN4O. The van der Waals surface area contributed by atoms with Crippen LogP contribution in [0, 0.1) is 5.82 Å². The fourth-order valence-corrected chi connectivity index (χ4v) is 1.06. The molecule has 0 spiro atoms. The van der Waals surface area contributed by atoms with E-state index in [2.05, 4.69) is 20.3 Å². The maximum atomic E-state index is 13.3. The molecule has 2 aromatic heterocycles. The van der Waals surface area contributed by atoms with Gasteiger partial charge in [0.1, 0.15) is 5.75 Å². The molecule has 2 heterocycles. The standard InChI is InChI=1S/C10H9FN4O/c1-12-10-14-6-8(11)9(15-10)16-7-3-2-4-13-5-7/h2-6H,1H3,(H,12,14,15). The highest BCUT2D eigenvalue weighted by Gasteiger charge is 2.08. The van der Waals surface area contributed by atoms with Crippen molar-refractivity contribution in [3.8, 4) is 11.6 Å². The molecule has 0 bridgehead atoms. The Balaban J connectivity index is 2.27. The minimum atomic E-state index is -0.622. The number of pyridine rings is 1. The highest BCUT2D eigenvalue weighted by molar-refractivity contribution is 5.30. The summed E-state index contributed by atoms with van der Waals surface area (Å²) in [5, 5.41) is 2.70. The molecular weight excluding hydrogens is 211 g/mol. The molecule has 0 saturated carbocycles. The third-order valence-corrected chi connectivity index (χ3v) is 1.78. The summed E-state index contributed by atoms with van der Waals surface area (Å²) >= 11 is 0. The van der Waals surface area contributed by atoms with Gasteiger partial charge in [-0.2, -0.15) is 9.37 Å². The Morgan fingerprint density at radius 3 is 2.94 bits per heavy atom. The number of anilines is 1. The molecule has 0 radical (unpaired) electrons. The van der Waals surface area contributed by atoms with Crippen LogP contribution in [0.15, 0.2) is 30.7 Å². The molecule has 6 heteroatoms. The lowest BCUT2D eigenvalue weighted by Crippen LogP contribution is -2.00. The normalized spacial score (nSPS) is 9.88. The van der Waals surface area contributed by atoms with Gasteiger partial charge in [-0.05, 0) is 12.1 Å². The van der Waals surface area contributed by atoms with E-state index >= 15 is 0 Å². The summed E-state index contributed by atoms with van der Waals surface area (Å²) in [5.41, 5.74) is 0. The molecule has 2 rings (SSSR count). The van der Waals surface area contributed by atoms with Gasteiger partial charge in [-0.1, -0.05) is 0 Å². The van der Waals surface area contributed by atoms with Gasteiger partial charge in [-0.25, -0.2) is 4.98 Å². The average molecular weight is 220 g/mol. The zero-order valence-electron chi connectivity index (χ0n) is 8.51. The molecule has 16 heavy (non-hydrogen) atoms. The van der Waals surface area contributed by atoms with Crippen molar-refractivity contribution in [2.45, 2.75) is 0 Å². The average Bonchev–Trinajstić information content (AvgIpc) is 2.33. The van der Waals surface area contributed by atoms with Gasteiger partial charge in [0.05, 0.1) is 12.4 Å². The maximum Gasteiger partial charge on any atom is 0.260 e. The van der Waals surface area contributed by atoms with Gasteiger partial charge in [0.25, 0.3) is 5.88 Å². The molecule has 0 aliphatic heterocycles. The second-order valence-electron chi connectivity index (χ2n) is 2.89. The van der Waals surface area contributed by atoms with Crippen LogP contribution >= 0.6 is 0 Å². The maximum absolute atomic E-state index is 13.3. The first-order valence-corrected chi connectivity index (χ1v) is 4.58. The monoisotopic (exact) mass is 220 g/mol. The lowest BCUT2D eigenvalue weighted by atomic mass is 10.4. The van der Waals surface area contributed by atoms with E-state index < -0.39 is 5.82 Å². The topological polar surface area (TPSA) is 59.9 Å². The summed E-state index contributed by atoms with van der Waals surface area (Å²) < 4.78 is 18.5. The second kappa shape index (κ2) is 4.52. The molecule has 0 aromatic carbocycles. The number of rotatable bonds is 3. The van der Waals surface area contributed by atoms with Crippen molar-refractivity contribution in [3.63, 3.8) is 0 Å². The minimum absolute atomic E-state index is 0.132. The number of ether oxygens (including phenoxy) is 1. The number of nitrogens with one attached hydrogen (secondary N) is 1. The highest BCUT2D eigenvalue weighted by atomic mass is 19.1. The van der Waals surface area contributed by atoms with Gasteiger partial charge in [0.2, 0.25) is 11.8 Å². The van der Waals surface area contributed by atoms with Crippen molar-refractivity contribution < 1.29 is 9.13 Å². The van der Waals surface area contributed by atoms with Crippen LogP contribution in [0.3, 0.4) is 0 Å². The van der Waals surface area contributed by atoms with Crippen LogP contribution in [0.1, 0.15) is 0 Å². The van der Waals surface area contributed by atoms with Crippen LogP contribution in [0.4, 0.5) is 10.3 Å². The van der Waals surface area contributed by atoms with E-state index in [1.807, 2.05) is 0 Å². The fourth-order valence-electron chi connectivity index (χ4n) is 1.06. The number of hydrogen-bond donors (Lipinski definition) is 1. The van der Waals surface area contributed by atoms with Crippen molar-refractivity contribution in [2.75, 3.05) is 12.4 Å². The predicted octanol–water partition coefficient (Wildman–Crippen LogP) is 1.84. The first-order chi connectivity index (χ1) is 7.79. The van der Waals surface area contributed by atoms with Crippen LogP contribution in [0.2, 0.25) is 0 Å². The summed E-state index contributed by atoms with van der Waals surface area (Å²) in [6, 6.07) is 3.35.